The Balaban J connectivity index is 1.64. The minimum absolute atomic E-state index is 0.0286. The monoisotopic (exact) mass is 1010 g/mol. The number of nitrogens with zero attached hydrogens (tertiary/aromatic N) is 2. The standard InChI is InChI=1S/C52H67N7O14/c1-6-7-9-14-41(62)53-38(28-43(64)65)47(67)57-45-30(4)73-52(72)44(29(2)3)56-48(68)39(26-33-17-21-35(61)22-18-33)58(5)51(71)40(27-31-12-10-8-11-13-31)59-42(63)24-23-36(50(59)70)54-46(66)37(55-49(45)69)25-32-15-19-34(60)20-16-32/h8,10-13,15-22,29-30,36-40,42,44-45,60-61,63H,6-7,9,14,23-28H2,1-5H3,(H,53,62)(H,54,66)(H,55,69)(H,56,68)(H,57,67)(H,64,65). The normalized spacial score (nSPS) is 23.9. The van der Waals surface area contributed by atoms with E-state index in [4.69, 9.17) is 4.74 Å². The summed E-state index contributed by atoms with van der Waals surface area (Å²) in [5, 5.41) is 54.2. The van der Waals surface area contributed by atoms with Crippen molar-refractivity contribution < 1.29 is 68.3 Å². The molecule has 5 rings (SSSR count). The summed E-state index contributed by atoms with van der Waals surface area (Å²) in [5.41, 5.74) is 1.47. The summed E-state index contributed by atoms with van der Waals surface area (Å²) >= 11 is 0. The number of aromatic hydroxyl groups is 2. The Morgan fingerprint density at radius 1 is 0.740 bits per heavy atom. The van der Waals surface area contributed by atoms with E-state index in [1.165, 1.54) is 62.5 Å². The van der Waals surface area contributed by atoms with E-state index in [2.05, 4.69) is 26.6 Å². The van der Waals surface area contributed by atoms with Crippen LogP contribution in [0, 0.1) is 5.92 Å². The van der Waals surface area contributed by atoms with Crippen molar-refractivity contribution in [3.05, 3.63) is 95.6 Å². The third-order valence-electron chi connectivity index (χ3n) is 12.9. The van der Waals surface area contributed by atoms with Crippen molar-refractivity contribution in [3.8, 4) is 11.5 Å². The molecule has 2 bridgehead atoms. The predicted molar refractivity (Wildman–Crippen MR) is 263 cm³/mol. The van der Waals surface area contributed by atoms with Gasteiger partial charge in [-0.05, 0) is 73.1 Å². The Kier molecular flexibility index (Phi) is 20.3. The zero-order chi connectivity index (χ0) is 53.5. The molecule has 9 atom stereocenters. The molecule has 3 aromatic rings. The number of carbonyl (C=O) groups is 9. The van der Waals surface area contributed by atoms with Crippen molar-refractivity contribution >= 4 is 53.3 Å². The highest BCUT2D eigenvalue weighted by molar-refractivity contribution is 5.99. The molecule has 73 heavy (non-hydrogen) atoms. The summed E-state index contributed by atoms with van der Waals surface area (Å²) in [7, 11) is 1.34. The van der Waals surface area contributed by atoms with Gasteiger partial charge in [-0.2, -0.15) is 0 Å². The Bertz CT molecular complexity index is 2440. The average molecular weight is 1010 g/mol. The first-order chi connectivity index (χ1) is 34.7. The summed E-state index contributed by atoms with van der Waals surface area (Å²) in [6, 6.07) is 9.13. The minimum atomic E-state index is -1.91. The van der Waals surface area contributed by atoms with Gasteiger partial charge in [-0.25, -0.2) is 4.79 Å². The second-order valence-electron chi connectivity index (χ2n) is 18.9. The Morgan fingerprint density at radius 3 is 1.92 bits per heavy atom. The Morgan fingerprint density at radius 2 is 1.33 bits per heavy atom. The van der Waals surface area contributed by atoms with Crippen molar-refractivity contribution in [2.45, 2.75) is 147 Å². The number of hydrogen-bond donors (Lipinski definition) is 9. The van der Waals surface area contributed by atoms with E-state index in [1.54, 1.807) is 44.2 Å². The molecule has 0 radical (unpaired) electrons. The highest BCUT2D eigenvalue weighted by Crippen LogP contribution is 2.26. The molecule has 9 unspecified atom stereocenters. The lowest BCUT2D eigenvalue weighted by Crippen LogP contribution is -2.65. The maximum absolute atomic E-state index is 15.1. The first-order valence-electron chi connectivity index (χ1n) is 24.5. The molecular formula is C52H67N7O14. The first kappa shape index (κ1) is 56.4. The minimum Gasteiger partial charge on any atom is -0.508 e. The number of fused-ring (bicyclic) bond motifs is 2. The number of rotatable bonds is 16. The van der Waals surface area contributed by atoms with Crippen LogP contribution in [0.2, 0.25) is 0 Å². The summed E-state index contributed by atoms with van der Waals surface area (Å²) in [6.07, 6.45) is -3.06. The van der Waals surface area contributed by atoms with Crippen molar-refractivity contribution in [1.82, 2.24) is 36.4 Å². The fourth-order valence-corrected chi connectivity index (χ4v) is 8.71. The van der Waals surface area contributed by atoms with Gasteiger partial charge in [0.2, 0.25) is 41.4 Å². The molecule has 394 valence electrons. The maximum Gasteiger partial charge on any atom is 0.329 e. The van der Waals surface area contributed by atoms with Crippen LogP contribution < -0.4 is 26.6 Å². The van der Waals surface area contributed by atoms with Gasteiger partial charge in [-0.1, -0.05) is 88.2 Å². The topological polar surface area (TPSA) is 310 Å². The van der Waals surface area contributed by atoms with Crippen LogP contribution in [-0.2, 0) is 67.2 Å². The molecular weight excluding hydrogens is 947 g/mol. The lowest BCUT2D eigenvalue weighted by Gasteiger charge is -2.43. The molecule has 21 nitrogen and oxygen atoms in total. The van der Waals surface area contributed by atoms with Crippen LogP contribution in [0.15, 0.2) is 78.9 Å². The number of benzene rings is 3. The fraction of sp³-hybridized carbons (Fsp3) is 0.481. The molecule has 3 aromatic carbocycles. The van der Waals surface area contributed by atoms with Gasteiger partial charge in [0, 0.05) is 32.7 Å². The quantitative estimate of drug-likeness (QED) is 0.0723. The van der Waals surface area contributed by atoms with E-state index in [1.807, 2.05) is 6.92 Å². The maximum atomic E-state index is 15.1. The number of piperidine rings is 1. The highest BCUT2D eigenvalue weighted by atomic mass is 16.5. The number of hydrogen-bond acceptors (Lipinski definition) is 13. The number of aliphatic carboxylic acids is 1. The number of unbranched alkanes of at least 4 members (excludes halogenated alkanes) is 2. The van der Waals surface area contributed by atoms with Crippen LogP contribution >= 0.6 is 0 Å². The van der Waals surface area contributed by atoms with Gasteiger partial charge in [-0.3, -0.25) is 38.4 Å². The predicted octanol–water partition coefficient (Wildman–Crippen LogP) is 1.34. The van der Waals surface area contributed by atoms with Gasteiger partial charge in [0.15, 0.2) is 0 Å². The molecule has 9 N–H and O–H groups in total. The third kappa shape index (κ3) is 15.7. The summed E-state index contributed by atoms with van der Waals surface area (Å²) in [5.74, 6) is -9.82. The molecule has 2 heterocycles. The molecule has 2 saturated heterocycles. The lowest BCUT2D eigenvalue weighted by molar-refractivity contribution is -0.165. The second-order valence-corrected chi connectivity index (χ2v) is 18.9. The van der Waals surface area contributed by atoms with Gasteiger partial charge in [0.1, 0.15) is 66.1 Å². The summed E-state index contributed by atoms with van der Waals surface area (Å²) < 4.78 is 5.86. The number of phenolic OH excluding ortho intramolecular Hbond substituents is 2. The number of aliphatic hydroxyl groups excluding tert-OH is 1. The zero-order valence-electron chi connectivity index (χ0n) is 41.6. The van der Waals surface area contributed by atoms with E-state index in [0.29, 0.717) is 29.5 Å². The van der Waals surface area contributed by atoms with Crippen molar-refractivity contribution in [1.29, 1.82) is 0 Å². The molecule has 0 spiro atoms. The highest BCUT2D eigenvalue weighted by Gasteiger charge is 2.46. The van der Waals surface area contributed by atoms with Crippen LogP contribution in [0.4, 0.5) is 0 Å². The van der Waals surface area contributed by atoms with Crippen molar-refractivity contribution in [2.24, 2.45) is 5.92 Å². The molecule has 7 amide bonds. The number of carboxylic acids is 1. The molecule has 0 aromatic heterocycles. The smallest absolute Gasteiger partial charge is 0.329 e. The summed E-state index contributed by atoms with van der Waals surface area (Å²) in [4.78, 5) is 129. The van der Waals surface area contributed by atoms with Gasteiger partial charge >= 0.3 is 11.9 Å². The molecule has 2 aliphatic heterocycles. The van der Waals surface area contributed by atoms with Crippen molar-refractivity contribution in [3.63, 3.8) is 0 Å². The molecule has 2 aliphatic rings. The van der Waals surface area contributed by atoms with Crippen LogP contribution in [-0.4, -0.2) is 145 Å². The van der Waals surface area contributed by atoms with Gasteiger partial charge in [-0.15, -0.1) is 0 Å². The number of esters is 1. The van der Waals surface area contributed by atoms with E-state index in [9.17, 15) is 58.8 Å². The first-order valence-corrected chi connectivity index (χ1v) is 24.5. The number of aliphatic hydroxyl groups is 1. The van der Waals surface area contributed by atoms with Crippen LogP contribution in [0.25, 0.3) is 0 Å². The number of amides is 7. The average Bonchev–Trinajstić information content (AvgIpc) is 3.34. The number of carboxylic acid groups (broad SMARTS) is 1. The number of likely N-dealkylation sites (N-methyl/N-ethyl adjacent to an activating group) is 1. The SMILES string of the molecule is CCCCCC(=O)NC(CC(=O)O)C(=O)NC1C(=O)NC(Cc2ccc(O)cc2)C(=O)NC2CCC(O)N(C2=O)C(Cc2ccccc2)C(=O)N(C)C(Cc2ccc(O)cc2)C(=O)NC(C(C)C)C(=O)OC1C. The van der Waals surface area contributed by atoms with Gasteiger partial charge in [0.05, 0.1) is 6.42 Å². The number of carbonyl (C=O) groups excluding carboxylic acids is 8. The fourth-order valence-electron chi connectivity index (χ4n) is 8.71. The molecule has 2 fully saturated rings. The summed E-state index contributed by atoms with van der Waals surface area (Å²) in [6.45, 7) is 6.33. The molecule has 21 heteroatoms. The van der Waals surface area contributed by atoms with E-state index in [-0.39, 0.29) is 50.0 Å². The van der Waals surface area contributed by atoms with Crippen molar-refractivity contribution in [2.75, 3.05) is 7.05 Å². The number of phenols is 2. The van der Waals surface area contributed by atoms with Crippen LogP contribution in [0.1, 0.15) is 89.3 Å². The third-order valence-corrected chi connectivity index (χ3v) is 12.9. The Labute approximate surface area is 423 Å². The number of ether oxygens (including phenoxy) is 1. The Hall–Kier alpha value is -7.55. The van der Waals surface area contributed by atoms with Crippen LogP contribution in [0.5, 0.6) is 11.5 Å². The zero-order valence-corrected chi connectivity index (χ0v) is 41.6. The molecule has 0 aliphatic carbocycles. The second kappa shape index (κ2) is 26.2. The van der Waals surface area contributed by atoms with E-state index in [0.717, 1.165) is 16.2 Å². The van der Waals surface area contributed by atoms with E-state index >= 15 is 4.79 Å². The van der Waals surface area contributed by atoms with Gasteiger partial charge in [0.25, 0.3) is 0 Å². The van der Waals surface area contributed by atoms with E-state index < -0.39 is 120 Å². The lowest BCUT2D eigenvalue weighted by atomic mass is 9.95. The van der Waals surface area contributed by atoms with Gasteiger partial charge < -0.3 is 61.5 Å². The molecule has 0 saturated carbocycles. The number of cyclic esters (lactones) is 1. The van der Waals surface area contributed by atoms with Crippen LogP contribution in [0.3, 0.4) is 0 Å². The largest absolute Gasteiger partial charge is 0.508 e. The number of nitrogens with one attached hydrogen (secondary N) is 5.